The number of nitrogens with zero attached hydrogens (tertiary/aromatic N) is 1. The zero-order valence-corrected chi connectivity index (χ0v) is 6.60. The summed E-state index contributed by atoms with van der Waals surface area (Å²) < 4.78 is 0. The predicted octanol–water partition coefficient (Wildman–Crippen LogP) is 0.168. The molecular weight excluding hydrogens is 197 g/mol. The van der Waals surface area contributed by atoms with E-state index in [9.17, 15) is 5.11 Å². The molecule has 0 saturated carbocycles. The van der Waals surface area contributed by atoms with Crippen LogP contribution in [0.2, 0.25) is 0 Å². The smallest absolute Gasteiger partial charge is 0.258 e. The average molecular weight is 207 g/mol. The number of fused-ring (bicyclic) bond motifs is 1. The first-order chi connectivity index (χ1) is 6.20. The Morgan fingerprint density at radius 1 is 0.929 bits per heavy atom. The van der Waals surface area contributed by atoms with Crippen LogP contribution in [-0.2, 0) is 0 Å². The van der Waals surface area contributed by atoms with Crippen molar-refractivity contribution in [1.82, 2.24) is 4.98 Å². The third-order valence-electron chi connectivity index (χ3n) is 1.82. The van der Waals surface area contributed by atoms with Gasteiger partial charge in [-0.25, -0.2) is 4.98 Å². The van der Waals surface area contributed by atoms with Crippen LogP contribution < -0.4 is 0 Å². The van der Waals surface area contributed by atoms with Crippen LogP contribution >= 0.6 is 0 Å². The molecule has 1 aromatic carbocycles. The van der Waals surface area contributed by atoms with Crippen LogP contribution in [0.5, 0.6) is 17.4 Å². The summed E-state index contributed by atoms with van der Waals surface area (Å²) in [7, 11) is 0. The SMILES string of the molecule is Oc1nc2ccccc2c(O)c1O.[AlH3]. The minimum atomic E-state index is -0.585. The topological polar surface area (TPSA) is 73.6 Å². The summed E-state index contributed by atoms with van der Waals surface area (Å²) in [6.07, 6.45) is 0. The summed E-state index contributed by atoms with van der Waals surface area (Å²) in [5, 5.41) is 28.0. The summed E-state index contributed by atoms with van der Waals surface area (Å²) >= 11 is 0. The van der Waals surface area contributed by atoms with Crippen molar-refractivity contribution in [2.24, 2.45) is 0 Å². The lowest BCUT2D eigenvalue weighted by atomic mass is 10.2. The molecule has 0 spiro atoms. The molecule has 0 fully saturated rings. The van der Waals surface area contributed by atoms with Gasteiger partial charge in [0, 0.05) is 5.39 Å². The third-order valence-corrected chi connectivity index (χ3v) is 1.82. The van der Waals surface area contributed by atoms with Crippen molar-refractivity contribution in [3.63, 3.8) is 0 Å². The Bertz CT molecular complexity index is 473. The minimum Gasteiger partial charge on any atom is -0.504 e. The van der Waals surface area contributed by atoms with Crippen LogP contribution in [0, 0.1) is 0 Å². The van der Waals surface area contributed by atoms with Crippen LogP contribution in [0.15, 0.2) is 24.3 Å². The highest BCUT2D eigenvalue weighted by Gasteiger charge is 2.11. The normalized spacial score (nSPS) is 9.71. The number of para-hydroxylation sites is 1. The number of hydrogen-bond acceptors (Lipinski definition) is 4. The molecule has 0 aliphatic rings. The van der Waals surface area contributed by atoms with Gasteiger partial charge in [-0.15, -0.1) is 0 Å². The molecular formula is C9H10AlNO3. The van der Waals surface area contributed by atoms with Crippen molar-refractivity contribution < 1.29 is 15.3 Å². The Labute approximate surface area is 90.6 Å². The minimum absolute atomic E-state index is 0. The second-order valence-electron chi connectivity index (χ2n) is 2.65. The lowest BCUT2D eigenvalue weighted by Crippen LogP contribution is -1.81. The van der Waals surface area contributed by atoms with E-state index >= 15 is 0 Å². The highest BCUT2D eigenvalue weighted by molar-refractivity contribution is 5.88. The number of aromatic hydroxyl groups is 3. The first-order valence-electron chi connectivity index (χ1n) is 3.70. The second kappa shape index (κ2) is 3.74. The fraction of sp³-hybridized carbons (Fsp3) is 0. The van der Waals surface area contributed by atoms with E-state index < -0.39 is 11.6 Å². The van der Waals surface area contributed by atoms with Gasteiger partial charge < -0.3 is 15.3 Å². The van der Waals surface area contributed by atoms with E-state index in [0.29, 0.717) is 10.9 Å². The van der Waals surface area contributed by atoms with Gasteiger partial charge in [0.25, 0.3) is 5.88 Å². The molecule has 1 heterocycles. The molecule has 0 radical (unpaired) electrons. The molecule has 2 rings (SSSR count). The van der Waals surface area contributed by atoms with Gasteiger partial charge in [0.05, 0.1) is 5.52 Å². The van der Waals surface area contributed by atoms with Crippen molar-refractivity contribution in [1.29, 1.82) is 0 Å². The molecule has 3 N–H and O–H groups in total. The van der Waals surface area contributed by atoms with Gasteiger partial charge >= 0.3 is 0 Å². The summed E-state index contributed by atoms with van der Waals surface area (Å²) in [6.45, 7) is 0. The quantitative estimate of drug-likeness (QED) is 0.538. The molecule has 0 saturated heterocycles. The van der Waals surface area contributed by atoms with Crippen LogP contribution in [0.4, 0.5) is 0 Å². The number of hydrogen-bond donors (Lipinski definition) is 3. The average Bonchev–Trinajstić information content (AvgIpc) is 2.15. The summed E-state index contributed by atoms with van der Waals surface area (Å²) in [5.74, 6) is -1.49. The van der Waals surface area contributed by atoms with Crippen LogP contribution in [0.1, 0.15) is 0 Å². The highest BCUT2D eigenvalue weighted by Crippen LogP contribution is 2.38. The zero-order valence-electron chi connectivity index (χ0n) is 6.60. The number of aromatic nitrogens is 1. The molecule has 72 valence electrons. The molecule has 1 aromatic heterocycles. The predicted molar refractivity (Wildman–Crippen MR) is 56.7 cm³/mol. The summed E-state index contributed by atoms with van der Waals surface area (Å²) in [5.41, 5.74) is 0.440. The van der Waals surface area contributed by atoms with Crippen molar-refractivity contribution in [3.8, 4) is 17.4 Å². The van der Waals surface area contributed by atoms with Crippen LogP contribution in [0.25, 0.3) is 10.9 Å². The number of benzene rings is 1. The van der Waals surface area contributed by atoms with E-state index in [0.717, 1.165) is 0 Å². The van der Waals surface area contributed by atoms with E-state index in [1.54, 1.807) is 24.3 Å². The van der Waals surface area contributed by atoms with Gasteiger partial charge in [-0.05, 0) is 12.1 Å². The maximum atomic E-state index is 9.39. The Balaban J connectivity index is 0.000000980. The Morgan fingerprint density at radius 3 is 2.29 bits per heavy atom. The van der Waals surface area contributed by atoms with E-state index in [4.69, 9.17) is 10.2 Å². The number of rotatable bonds is 0. The maximum Gasteiger partial charge on any atom is 0.258 e. The molecule has 0 atom stereocenters. The first kappa shape index (κ1) is 10.6. The van der Waals surface area contributed by atoms with E-state index in [2.05, 4.69) is 4.98 Å². The van der Waals surface area contributed by atoms with Crippen LogP contribution in [0.3, 0.4) is 0 Å². The van der Waals surface area contributed by atoms with Crippen molar-refractivity contribution >= 4 is 28.3 Å². The van der Waals surface area contributed by atoms with E-state index in [1.165, 1.54) is 0 Å². The zero-order chi connectivity index (χ0) is 9.42. The van der Waals surface area contributed by atoms with E-state index in [1.807, 2.05) is 0 Å². The van der Waals surface area contributed by atoms with Gasteiger partial charge in [0.2, 0.25) is 5.75 Å². The molecule has 2 aromatic rings. The van der Waals surface area contributed by atoms with Gasteiger partial charge in [0.1, 0.15) is 0 Å². The van der Waals surface area contributed by atoms with E-state index in [-0.39, 0.29) is 23.1 Å². The van der Waals surface area contributed by atoms with Crippen LogP contribution in [-0.4, -0.2) is 37.7 Å². The fourth-order valence-electron chi connectivity index (χ4n) is 1.17. The first-order valence-corrected chi connectivity index (χ1v) is 3.70. The number of pyridine rings is 1. The lowest BCUT2D eigenvalue weighted by Gasteiger charge is -2.03. The molecule has 0 aliphatic carbocycles. The van der Waals surface area contributed by atoms with Gasteiger partial charge in [0.15, 0.2) is 23.1 Å². The molecule has 0 bridgehead atoms. The summed E-state index contributed by atoms with van der Waals surface area (Å²) in [4.78, 5) is 3.68. The van der Waals surface area contributed by atoms with Crippen molar-refractivity contribution in [2.45, 2.75) is 0 Å². The maximum absolute atomic E-state index is 9.39. The standard InChI is InChI=1S/C9H7NO3.Al.3H/c11-7-5-3-1-2-4-6(5)10-9(13)8(7)12;;;;/h1-4,12H,(H2,10,11,13);;;;. The molecule has 0 unspecified atom stereocenters. The van der Waals surface area contributed by atoms with Gasteiger partial charge in [-0.1, -0.05) is 12.1 Å². The monoisotopic (exact) mass is 207 g/mol. The van der Waals surface area contributed by atoms with Crippen molar-refractivity contribution in [2.75, 3.05) is 0 Å². The molecule has 0 amide bonds. The lowest BCUT2D eigenvalue weighted by molar-refractivity contribution is 0.361. The Kier molecular flexibility index (Phi) is 2.85. The fourth-order valence-corrected chi connectivity index (χ4v) is 1.17. The highest BCUT2D eigenvalue weighted by atomic mass is 27.0. The Morgan fingerprint density at radius 2 is 1.57 bits per heavy atom. The van der Waals surface area contributed by atoms with Gasteiger partial charge in [-0.3, -0.25) is 0 Å². The Hall–Kier alpha value is -1.44. The molecule has 14 heavy (non-hydrogen) atoms. The molecule has 0 aliphatic heterocycles. The summed E-state index contributed by atoms with van der Waals surface area (Å²) in [6, 6.07) is 6.68. The molecule has 5 heteroatoms. The largest absolute Gasteiger partial charge is 0.504 e. The second-order valence-corrected chi connectivity index (χ2v) is 2.65. The molecule has 4 nitrogen and oxygen atoms in total. The van der Waals surface area contributed by atoms with Crippen molar-refractivity contribution in [3.05, 3.63) is 24.3 Å². The van der Waals surface area contributed by atoms with Gasteiger partial charge in [-0.2, -0.15) is 0 Å². The third kappa shape index (κ3) is 1.48.